The van der Waals surface area contributed by atoms with Crippen molar-refractivity contribution in [3.05, 3.63) is 101 Å². The molecule has 1 unspecified atom stereocenters. The molecule has 2 aliphatic heterocycles. The number of hydrogen-bond donors (Lipinski definition) is 1. The summed E-state index contributed by atoms with van der Waals surface area (Å²) in [5.41, 5.74) is 4.38. The van der Waals surface area contributed by atoms with Gasteiger partial charge in [-0.3, -0.25) is 14.5 Å². The number of carbonyl (C=O) groups is 2. The minimum absolute atomic E-state index is 0.0759. The van der Waals surface area contributed by atoms with Crippen LogP contribution >= 0.6 is 0 Å². The second-order valence-corrected chi connectivity index (χ2v) is 10.8. The standard InChI is InChI=1S/C34H39N3O3/c1-3-29-9-6-7-21-36(29)22-8-20-35-33(38)28-18-16-26(17-19-28)23-32-34(39)37(24-27-14-12-25(2)13-15-27)30-10-4-5-11-31(30)40-32/h4-5,10-19,23,29H,3,6-9,20-22,24H2,1-2H3,(H,35,38)/b32-23+. The van der Waals surface area contributed by atoms with E-state index in [1.54, 1.807) is 23.1 Å². The molecule has 5 rings (SSSR count). The molecule has 0 aromatic heterocycles. The second-order valence-electron chi connectivity index (χ2n) is 10.8. The van der Waals surface area contributed by atoms with E-state index in [2.05, 4.69) is 29.3 Å². The van der Waals surface area contributed by atoms with E-state index >= 15 is 0 Å². The summed E-state index contributed by atoms with van der Waals surface area (Å²) >= 11 is 0. The number of benzene rings is 3. The summed E-state index contributed by atoms with van der Waals surface area (Å²) in [4.78, 5) is 30.6. The maximum atomic E-state index is 13.5. The van der Waals surface area contributed by atoms with Gasteiger partial charge >= 0.3 is 0 Å². The van der Waals surface area contributed by atoms with Crippen molar-refractivity contribution in [2.75, 3.05) is 24.5 Å². The first-order valence-electron chi connectivity index (χ1n) is 14.5. The van der Waals surface area contributed by atoms with Crippen LogP contribution in [0.1, 0.15) is 66.1 Å². The molecule has 1 fully saturated rings. The number of piperidine rings is 1. The minimum Gasteiger partial charge on any atom is -0.449 e. The Morgan fingerprint density at radius 1 is 1.02 bits per heavy atom. The van der Waals surface area contributed by atoms with Crippen LogP contribution in [-0.2, 0) is 11.3 Å². The number of likely N-dealkylation sites (tertiary alicyclic amines) is 1. The molecule has 2 amide bonds. The summed E-state index contributed by atoms with van der Waals surface area (Å²) < 4.78 is 6.03. The van der Waals surface area contributed by atoms with Crippen LogP contribution in [0.25, 0.3) is 6.08 Å². The molecule has 40 heavy (non-hydrogen) atoms. The number of fused-ring (bicyclic) bond motifs is 1. The lowest BCUT2D eigenvalue weighted by Gasteiger charge is -2.35. The normalized spacial score (nSPS) is 18.4. The number of hydrogen-bond acceptors (Lipinski definition) is 4. The van der Waals surface area contributed by atoms with Gasteiger partial charge in [0.15, 0.2) is 11.5 Å². The van der Waals surface area contributed by atoms with E-state index in [1.165, 1.54) is 37.8 Å². The van der Waals surface area contributed by atoms with Gasteiger partial charge in [-0.25, -0.2) is 0 Å². The number of rotatable bonds is 9. The number of para-hydroxylation sites is 2. The van der Waals surface area contributed by atoms with Gasteiger partial charge in [0.05, 0.1) is 12.2 Å². The Bertz CT molecular complexity index is 1350. The quantitative estimate of drug-likeness (QED) is 0.255. The van der Waals surface area contributed by atoms with Crippen molar-refractivity contribution in [2.24, 2.45) is 0 Å². The third-order valence-corrected chi connectivity index (χ3v) is 7.89. The van der Waals surface area contributed by atoms with Gasteiger partial charge in [0.1, 0.15) is 0 Å². The van der Waals surface area contributed by atoms with Crippen LogP contribution in [0.2, 0.25) is 0 Å². The van der Waals surface area contributed by atoms with E-state index in [4.69, 9.17) is 4.74 Å². The average molecular weight is 538 g/mol. The molecule has 2 heterocycles. The van der Waals surface area contributed by atoms with E-state index in [1.807, 2.05) is 55.5 Å². The van der Waals surface area contributed by atoms with Crippen LogP contribution in [0, 0.1) is 6.92 Å². The van der Waals surface area contributed by atoms with Crippen LogP contribution in [0.5, 0.6) is 5.75 Å². The van der Waals surface area contributed by atoms with Gasteiger partial charge in [0, 0.05) is 24.7 Å². The van der Waals surface area contributed by atoms with Gasteiger partial charge in [-0.1, -0.05) is 67.4 Å². The van der Waals surface area contributed by atoms with Gasteiger partial charge in [0.25, 0.3) is 11.8 Å². The molecular weight excluding hydrogens is 498 g/mol. The summed E-state index contributed by atoms with van der Waals surface area (Å²) in [6.07, 6.45) is 7.79. The second kappa shape index (κ2) is 13.0. The first-order chi connectivity index (χ1) is 19.5. The first kappa shape index (κ1) is 27.7. The predicted octanol–water partition coefficient (Wildman–Crippen LogP) is 6.35. The van der Waals surface area contributed by atoms with E-state index < -0.39 is 0 Å². The molecular formula is C34H39N3O3. The lowest BCUT2D eigenvalue weighted by Crippen LogP contribution is -2.40. The molecule has 1 N–H and O–H groups in total. The van der Waals surface area contributed by atoms with Crippen LogP contribution in [0.4, 0.5) is 5.69 Å². The lowest BCUT2D eigenvalue weighted by molar-refractivity contribution is -0.117. The molecule has 1 saturated heterocycles. The number of carbonyl (C=O) groups excluding carboxylic acids is 2. The number of ether oxygens (including phenoxy) is 1. The molecule has 1 atom stereocenters. The van der Waals surface area contributed by atoms with E-state index in [-0.39, 0.29) is 17.6 Å². The fourth-order valence-corrected chi connectivity index (χ4v) is 5.58. The highest BCUT2D eigenvalue weighted by Crippen LogP contribution is 2.36. The highest BCUT2D eigenvalue weighted by molar-refractivity contribution is 6.09. The Morgan fingerprint density at radius 2 is 1.80 bits per heavy atom. The summed E-state index contributed by atoms with van der Waals surface area (Å²) in [6, 6.07) is 23.8. The number of anilines is 1. The highest BCUT2D eigenvalue weighted by Gasteiger charge is 2.30. The van der Waals surface area contributed by atoms with E-state index in [9.17, 15) is 9.59 Å². The largest absolute Gasteiger partial charge is 0.449 e. The van der Waals surface area contributed by atoms with Gasteiger partial charge in [-0.05, 0) is 80.6 Å². The zero-order valence-electron chi connectivity index (χ0n) is 23.6. The molecule has 0 radical (unpaired) electrons. The molecule has 0 aliphatic carbocycles. The Labute approximate surface area is 237 Å². The SMILES string of the molecule is CCC1CCCCN1CCCNC(=O)c1ccc(/C=C2/Oc3ccccc3N(Cc3ccc(C)cc3)C2=O)cc1. The van der Waals surface area contributed by atoms with Gasteiger partial charge in [-0.15, -0.1) is 0 Å². The monoisotopic (exact) mass is 537 g/mol. The van der Waals surface area contributed by atoms with Crippen LogP contribution in [0.15, 0.2) is 78.6 Å². The van der Waals surface area contributed by atoms with Crippen LogP contribution in [-0.4, -0.2) is 42.4 Å². The predicted molar refractivity (Wildman–Crippen MR) is 160 cm³/mol. The topological polar surface area (TPSA) is 61.9 Å². The fraction of sp³-hybridized carbons (Fsp3) is 0.353. The molecule has 2 aliphatic rings. The molecule has 3 aromatic rings. The Kier molecular flexibility index (Phi) is 8.97. The summed E-state index contributed by atoms with van der Waals surface area (Å²) in [7, 11) is 0. The number of nitrogens with zero attached hydrogens (tertiary/aromatic N) is 2. The van der Waals surface area contributed by atoms with Crippen molar-refractivity contribution in [3.8, 4) is 5.75 Å². The Morgan fingerprint density at radius 3 is 2.58 bits per heavy atom. The van der Waals surface area contributed by atoms with E-state index in [0.29, 0.717) is 30.4 Å². The zero-order chi connectivity index (χ0) is 27.9. The highest BCUT2D eigenvalue weighted by atomic mass is 16.5. The average Bonchev–Trinajstić information content (AvgIpc) is 2.99. The van der Waals surface area contributed by atoms with Crippen molar-refractivity contribution >= 4 is 23.6 Å². The van der Waals surface area contributed by atoms with Crippen molar-refractivity contribution in [2.45, 2.75) is 58.5 Å². The zero-order valence-corrected chi connectivity index (χ0v) is 23.6. The third-order valence-electron chi connectivity index (χ3n) is 7.89. The molecule has 3 aromatic carbocycles. The van der Waals surface area contributed by atoms with E-state index in [0.717, 1.165) is 29.8 Å². The van der Waals surface area contributed by atoms with Gasteiger partial charge in [0.2, 0.25) is 0 Å². The van der Waals surface area contributed by atoms with Crippen molar-refractivity contribution in [3.63, 3.8) is 0 Å². The van der Waals surface area contributed by atoms with Crippen LogP contribution in [0.3, 0.4) is 0 Å². The third kappa shape index (κ3) is 6.62. The summed E-state index contributed by atoms with van der Waals surface area (Å²) in [5, 5.41) is 3.06. The Balaban J connectivity index is 1.21. The van der Waals surface area contributed by atoms with Crippen LogP contribution < -0.4 is 15.0 Å². The number of nitrogens with one attached hydrogen (secondary N) is 1. The summed E-state index contributed by atoms with van der Waals surface area (Å²) in [6.45, 7) is 7.63. The van der Waals surface area contributed by atoms with Gasteiger partial charge < -0.3 is 15.0 Å². The fourth-order valence-electron chi connectivity index (χ4n) is 5.58. The van der Waals surface area contributed by atoms with Crippen molar-refractivity contribution < 1.29 is 14.3 Å². The molecule has 208 valence electrons. The van der Waals surface area contributed by atoms with Crippen molar-refractivity contribution in [1.29, 1.82) is 0 Å². The molecule has 0 spiro atoms. The number of amides is 2. The lowest BCUT2D eigenvalue weighted by atomic mass is 10.00. The molecule has 6 heteroatoms. The summed E-state index contributed by atoms with van der Waals surface area (Å²) in [5.74, 6) is 0.630. The van der Waals surface area contributed by atoms with Gasteiger partial charge in [-0.2, -0.15) is 0 Å². The maximum absolute atomic E-state index is 13.5. The molecule has 0 saturated carbocycles. The Hall–Kier alpha value is -3.90. The van der Waals surface area contributed by atoms with Crippen molar-refractivity contribution in [1.82, 2.24) is 10.2 Å². The molecule has 0 bridgehead atoms. The first-order valence-corrected chi connectivity index (χ1v) is 14.5. The maximum Gasteiger partial charge on any atom is 0.294 e. The molecule has 6 nitrogen and oxygen atoms in total. The smallest absolute Gasteiger partial charge is 0.294 e. The number of aryl methyl sites for hydroxylation is 1. The minimum atomic E-state index is -0.194.